The lowest BCUT2D eigenvalue weighted by atomic mass is 10.2. The second-order valence-corrected chi connectivity index (χ2v) is 4.12. The molecule has 0 radical (unpaired) electrons. The third kappa shape index (κ3) is 3.47. The van der Waals surface area contributed by atoms with Gasteiger partial charge in [0, 0.05) is 19.6 Å². The number of hydrogen-bond acceptors (Lipinski definition) is 3. The molecule has 0 aromatic carbocycles. The Kier molecular flexibility index (Phi) is 5.05. The molecule has 0 saturated carbocycles. The molecule has 1 unspecified atom stereocenters. The molecule has 1 aliphatic heterocycles. The highest BCUT2D eigenvalue weighted by molar-refractivity contribution is 5.83. The van der Waals surface area contributed by atoms with E-state index in [9.17, 15) is 4.79 Å². The van der Waals surface area contributed by atoms with E-state index in [1.807, 2.05) is 11.8 Å². The molecule has 0 spiro atoms. The van der Waals surface area contributed by atoms with Crippen LogP contribution < -0.4 is 5.32 Å². The van der Waals surface area contributed by atoms with Crippen LogP contribution in [0.15, 0.2) is 0 Å². The first-order valence-electron chi connectivity index (χ1n) is 5.89. The summed E-state index contributed by atoms with van der Waals surface area (Å²) in [4.78, 5) is 16.0. The van der Waals surface area contributed by atoms with Gasteiger partial charge in [-0.3, -0.25) is 4.79 Å². The second kappa shape index (κ2) is 6.08. The van der Waals surface area contributed by atoms with E-state index in [1.165, 1.54) is 0 Å². The Morgan fingerprint density at radius 1 is 1.53 bits per heavy atom. The number of rotatable bonds is 6. The number of carbonyl (C=O) groups is 1. The van der Waals surface area contributed by atoms with Crippen LogP contribution in [0.3, 0.4) is 0 Å². The number of hydrogen-bond donors (Lipinski definition) is 1. The molecular weight excluding hydrogens is 190 g/mol. The average Bonchev–Trinajstić information content (AvgIpc) is 2.58. The Labute approximate surface area is 92.6 Å². The smallest absolute Gasteiger partial charge is 0.239 e. The fourth-order valence-corrected chi connectivity index (χ4v) is 1.85. The SMILES string of the molecule is CCNC1CCN(CCN(C)CC)C1=O. The summed E-state index contributed by atoms with van der Waals surface area (Å²) in [6.45, 7) is 8.84. The van der Waals surface area contributed by atoms with E-state index in [0.29, 0.717) is 0 Å². The highest BCUT2D eigenvalue weighted by Crippen LogP contribution is 2.10. The first kappa shape index (κ1) is 12.5. The van der Waals surface area contributed by atoms with Crippen molar-refractivity contribution in [1.29, 1.82) is 0 Å². The fourth-order valence-electron chi connectivity index (χ4n) is 1.85. The van der Waals surface area contributed by atoms with E-state index in [-0.39, 0.29) is 11.9 Å². The molecule has 1 rings (SSSR count). The van der Waals surface area contributed by atoms with Gasteiger partial charge in [-0.15, -0.1) is 0 Å². The normalized spacial score (nSPS) is 21.7. The van der Waals surface area contributed by atoms with Gasteiger partial charge in [-0.2, -0.15) is 0 Å². The maximum atomic E-state index is 11.8. The predicted molar refractivity (Wildman–Crippen MR) is 61.8 cm³/mol. The molecule has 88 valence electrons. The number of carbonyl (C=O) groups excluding carboxylic acids is 1. The Morgan fingerprint density at radius 2 is 2.27 bits per heavy atom. The van der Waals surface area contributed by atoms with E-state index in [4.69, 9.17) is 0 Å². The molecule has 0 aromatic rings. The second-order valence-electron chi connectivity index (χ2n) is 4.12. The van der Waals surface area contributed by atoms with E-state index >= 15 is 0 Å². The third-order valence-corrected chi connectivity index (χ3v) is 3.04. The molecule has 1 N–H and O–H groups in total. The van der Waals surface area contributed by atoms with Gasteiger partial charge in [0.05, 0.1) is 6.04 Å². The van der Waals surface area contributed by atoms with Gasteiger partial charge in [0.1, 0.15) is 0 Å². The van der Waals surface area contributed by atoms with Gasteiger partial charge in [-0.25, -0.2) is 0 Å². The molecule has 1 fully saturated rings. The lowest BCUT2D eigenvalue weighted by molar-refractivity contribution is -0.129. The first-order valence-corrected chi connectivity index (χ1v) is 5.89. The van der Waals surface area contributed by atoms with E-state index in [2.05, 4.69) is 24.2 Å². The standard InChI is InChI=1S/C11H23N3O/c1-4-12-10-6-7-14(11(10)15)9-8-13(3)5-2/h10,12H,4-9H2,1-3H3. The highest BCUT2D eigenvalue weighted by atomic mass is 16.2. The molecule has 15 heavy (non-hydrogen) atoms. The quantitative estimate of drug-likeness (QED) is 0.682. The van der Waals surface area contributed by atoms with E-state index < -0.39 is 0 Å². The van der Waals surface area contributed by atoms with Crippen molar-refractivity contribution < 1.29 is 4.79 Å². The Morgan fingerprint density at radius 3 is 2.87 bits per heavy atom. The van der Waals surface area contributed by atoms with Crippen LogP contribution in [0.25, 0.3) is 0 Å². The van der Waals surface area contributed by atoms with Crippen molar-refractivity contribution in [2.75, 3.05) is 39.8 Å². The van der Waals surface area contributed by atoms with Crippen LogP contribution >= 0.6 is 0 Å². The lowest BCUT2D eigenvalue weighted by Crippen LogP contribution is -2.40. The minimum absolute atomic E-state index is 0.0712. The zero-order valence-electron chi connectivity index (χ0n) is 10.1. The summed E-state index contributed by atoms with van der Waals surface area (Å²) in [7, 11) is 2.09. The van der Waals surface area contributed by atoms with Crippen LogP contribution in [0.1, 0.15) is 20.3 Å². The highest BCUT2D eigenvalue weighted by Gasteiger charge is 2.30. The van der Waals surface area contributed by atoms with Gasteiger partial charge in [0.15, 0.2) is 0 Å². The number of nitrogens with zero attached hydrogens (tertiary/aromatic N) is 2. The topological polar surface area (TPSA) is 35.6 Å². The minimum Gasteiger partial charge on any atom is -0.340 e. The lowest BCUT2D eigenvalue weighted by Gasteiger charge is -2.20. The predicted octanol–water partition coefficient (Wildman–Crippen LogP) is 0.149. The summed E-state index contributed by atoms with van der Waals surface area (Å²) in [6, 6.07) is 0.0712. The number of likely N-dealkylation sites (tertiary alicyclic amines) is 1. The maximum absolute atomic E-state index is 11.8. The van der Waals surface area contributed by atoms with Gasteiger partial charge >= 0.3 is 0 Å². The monoisotopic (exact) mass is 213 g/mol. The van der Waals surface area contributed by atoms with Gasteiger partial charge in [-0.1, -0.05) is 13.8 Å². The zero-order valence-corrected chi connectivity index (χ0v) is 10.1. The first-order chi connectivity index (χ1) is 7.19. The van der Waals surface area contributed by atoms with E-state index in [1.54, 1.807) is 0 Å². The van der Waals surface area contributed by atoms with Crippen molar-refractivity contribution in [3.8, 4) is 0 Å². The van der Waals surface area contributed by atoms with Crippen molar-refractivity contribution in [2.45, 2.75) is 26.3 Å². The summed E-state index contributed by atoms with van der Waals surface area (Å²) in [6.07, 6.45) is 0.961. The molecule has 0 aromatic heterocycles. The average molecular weight is 213 g/mol. The van der Waals surface area contributed by atoms with Crippen LogP contribution in [-0.2, 0) is 4.79 Å². The van der Waals surface area contributed by atoms with Gasteiger partial charge < -0.3 is 15.1 Å². The maximum Gasteiger partial charge on any atom is 0.239 e. The summed E-state index contributed by atoms with van der Waals surface area (Å²) < 4.78 is 0. The molecule has 1 heterocycles. The van der Waals surface area contributed by atoms with Crippen LogP contribution in [0, 0.1) is 0 Å². The largest absolute Gasteiger partial charge is 0.340 e. The Balaban J connectivity index is 2.29. The number of amides is 1. The molecular formula is C11H23N3O. The van der Waals surface area contributed by atoms with E-state index in [0.717, 1.165) is 39.1 Å². The molecule has 4 heteroatoms. The van der Waals surface area contributed by atoms with Gasteiger partial charge in [0.25, 0.3) is 0 Å². The molecule has 0 aliphatic carbocycles. The van der Waals surface area contributed by atoms with Crippen LogP contribution in [-0.4, -0.2) is 61.5 Å². The molecule has 1 atom stereocenters. The fraction of sp³-hybridized carbons (Fsp3) is 0.909. The van der Waals surface area contributed by atoms with Crippen molar-refractivity contribution >= 4 is 5.91 Å². The van der Waals surface area contributed by atoms with Crippen LogP contribution in [0.4, 0.5) is 0 Å². The Bertz CT molecular complexity index is 208. The van der Waals surface area contributed by atoms with Crippen molar-refractivity contribution in [1.82, 2.24) is 15.1 Å². The van der Waals surface area contributed by atoms with Gasteiger partial charge in [0.2, 0.25) is 5.91 Å². The summed E-state index contributed by atoms with van der Waals surface area (Å²) in [5.41, 5.74) is 0. The summed E-state index contributed by atoms with van der Waals surface area (Å²) in [5.74, 6) is 0.279. The van der Waals surface area contributed by atoms with Gasteiger partial charge in [-0.05, 0) is 26.6 Å². The molecule has 1 aliphatic rings. The molecule has 1 saturated heterocycles. The zero-order chi connectivity index (χ0) is 11.3. The molecule has 1 amide bonds. The van der Waals surface area contributed by atoms with Crippen LogP contribution in [0.5, 0.6) is 0 Å². The minimum atomic E-state index is 0.0712. The number of likely N-dealkylation sites (N-methyl/N-ethyl adjacent to an activating group) is 2. The Hall–Kier alpha value is -0.610. The summed E-state index contributed by atoms with van der Waals surface area (Å²) >= 11 is 0. The molecule has 4 nitrogen and oxygen atoms in total. The van der Waals surface area contributed by atoms with Crippen molar-refractivity contribution in [2.24, 2.45) is 0 Å². The van der Waals surface area contributed by atoms with Crippen LogP contribution in [0.2, 0.25) is 0 Å². The molecule has 0 bridgehead atoms. The third-order valence-electron chi connectivity index (χ3n) is 3.04. The van der Waals surface area contributed by atoms with Crippen molar-refractivity contribution in [3.05, 3.63) is 0 Å². The number of nitrogens with one attached hydrogen (secondary N) is 1. The van der Waals surface area contributed by atoms with Crippen molar-refractivity contribution in [3.63, 3.8) is 0 Å². The summed E-state index contributed by atoms with van der Waals surface area (Å²) in [5, 5.41) is 3.22.